The van der Waals surface area contributed by atoms with E-state index in [-0.39, 0.29) is 5.91 Å². The molecule has 146 valence electrons. The molecule has 0 saturated carbocycles. The third-order valence-electron chi connectivity index (χ3n) is 3.86. The van der Waals surface area contributed by atoms with Gasteiger partial charge in [0.2, 0.25) is 5.13 Å². The summed E-state index contributed by atoms with van der Waals surface area (Å²) in [5.41, 5.74) is 0.761. The molecule has 1 fully saturated rings. The normalized spacial score (nSPS) is 16.9. The third kappa shape index (κ3) is 4.48. The van der Waals surface area contributed by atoms with Gasteiger partial charge in [0.25, 0.3) is 5.91 Å². The van der Waals surface area contributed by atoms with Gasteiger partial charge in [-0.2, -0.15) is 4.99 Å². The van der Waals surface area contributed by atoms with Gasteiger partial charge in [-0.25, -0.2) is 4.98 Å². The Hall–Kier alpha value is -2.32. The van der Waals surface area contributed by atoms with Crippen LogP contribution in [-0.4, -0.2) is 27.5 Å². The minimum absolute atomic E-state index is 0.158. The summed E-state index contributed by atoms with van der Waals surface area (Å²) in [5, 5.41) is 4.03. The van der Waals surface area contributed by atoms with Gasteiger partial charge in [0, 0.05) is 39.8 Å². The van der Waals surface area contributed by atoms with Gasteiger partial charge in [-0.3, -0.25) is 9.69 Å². The van der Waals surface area contributed by atoms with E-state index < -0.39 is 0 Å². The van der Waals surface area contributed by atoms with Crippen molar-refractivity contribution in [2.75, 3.05) is 6.54 Å². The van der Waals surface area contributed by atoms with Gasteiger partial charge < -0.3 is 4.42 Å². The molecule has 0 atom stereocenters. The zero-order chi connectivity index (χ0) is 20.4. The fraction of sp³-hybridized carbons (Fsp3) is 0.0500. The van der Waals surface area contributed by atoms with Crippen LogP contribution in [0, 0.1) is 0 Å². The number of thiazole rings is 1. The van der Waals surface area contributed by atoms with Crippen LogP contribution in [0.25, 0.3) is 17.4 Å². The number of amidine groups is 1. The number of amides is 1. The van der Waals surface area contributed by atoms with Crippen LogP contribution < -0.4 is 0 Å². The molecule has 5 nitrogen and oxygen atoms in total. The molecule has 2 aromatic heterocycles. The highest BCUT2D eigenvalue weighted by atomic mass is 35.5. The quantitative estimate of drug-likeness (QED) is 0.321. The van der Waals surface area contributed by atoms with Gasteiger partial charge in [-0.15, -0.1) is 17.9 Å². The number of aliphatic imine (C=N–C) groups is 1. The van der Waals surface area contributed by atoms with Gasteiger partial charge in [-0.05, 0) is 42.1 Å². The molecule has 3 heterocycles. The molecule has 0 bridgehead atoms. The number of thioether (sulfide) groups is 1. The molecule has 3 aromatic rings. The van der Waals surface area contributed by atoms with Crippen LogP contribution in [0.15, 0.2) is 68.9 Å². The van der Waals surface area contributed by atoms with E-state index in [0.29, 0.717) is 43.3 Å². The van der Waals surface area contributed by atoms with Crippen molar-refractivity contribution in [2.24, 2.45) is 4.99 Å². The number of carbonyl (C=O) groups is 1. The summed E-state index contributed by atoms with van der Waals surface area (Å²) in [6.45, 7) is 4.08. The van der Waals surface area contributed by atoms with E-state index in [4.69, 9.17) is 27.6 Å². The number of nitrogens with zero attached hydrogens (tertiary/aromatic N) is 3. The lowest BCUT2D eigenvalue weighted by Gasteiger charge is -2.11. The Bertz CT molecular complexity index is 1120. The minimum Gasteiger partial charge on any atom is -0.457 e. The van der Waals surface area contributed by atoms with Crippen LogP contribution in [0.3, 0.4) is 0 Å². The first kappa shape index (κ1) is 20.0. The zero-order valence-corrected chi connectivity index (χ0v) is 18.0. The second-order valence-electron chi connectivity index (χ2n) is 5.88. The van der Waals surface area contributed by atoms with Crippen LogP contribution in [-0.2, 0) is 4.79 Å². The van der Waals surface area contributed by atoms with Gasteiger partial charge in [0.15, 0.2) is 5.17 Å². The zero-order valence-electron chi connectivity index (χ0n) is 14.8. The Morgan fingerprint density at radius 3 is 2.72 bits per heavy atom. The summed E-state index contributed by atoms with van der Waals surface area (Å²) in [5.74, 6) is 0.992. The lowest BCUT2D eigenvalue weighted by atomic mass is 10.2. The largest absolute Gasteiger partial charge is 0.457 e. The molecule has 4 rings (SSSR count). The predicted molar refractivity (Wildman–Crippen MR) is 121 cm³/mol. The van der Waals surface area contributed by atoms with E-state index in [1.807, 2.05) is 11.4 Å². The molecule has 9 heteroatoms. The maximum Gasteiger partial charge on any atom is 0.267 e. The Morgan fingerprint density at radius 1 is 1.24 bits per heavy atom. The Kier molecular flexibility index (Phi) is 5.91. The summed E-state index contributed by atoms with van der Waals surface area (Å²) < 4.78 is 5.88. The smallest absolute Gasteiger partial charge is 0.267 e. The average molecular weight is 462 g/mol. The number of aromatic nitrogens is 1. The van der Waals surface area contributed by atoms with Crippen molar-refractivity contribution in [1.29, 1.82) is 0 Å². The second kappa shape index (κ2) is 8.59. The summed E-state index contributed by atoms with van der Waals surface area (Å²) in [7, 11) is 0. The van der Waals surface area contributed by atoms with E-state index in [1.54, 1.807) is 47.5 Å². The maximum absolute atomic E-state index is 12.8. The summed E-state index contributed by atoms with van der Waals surface area (Å²) in [6.07, 6.45) is 5.03. The molecular formula is C20H13Cl2N3O2S2. The van der Waals surface area contributed by atoms with Crippen molar-refractivity contribution in [2.45, 2.75) is 0 Å². The van der Waals surface area contributed by atoms with Crippen LogP contribution in [0.2, 0.25) is 10.0 Å². The highest BCUT2D eigenvalue weighted by molar-refractivity contribution is 8.18. The van der Waals surface area contributed by atoms with Crippen LogP contribution >= 0.6 is 46.3 Å². The predicted octanol–water partition coefficient (Wildman–Crippen LogP) is 6.50. The minimum atomic E-state index is -0.158. The van der Waals surface area contributed by atoms with Crippen LogP contribution in [0.4, 0.5) is 5.13 Å². The van der Waals surface area contributed by atoms with E-state index >= 15 is 0 Å². The molecule has 1 aliphatic heterocycles. The van der Waals surface area contributed by atoms with Crippen molar-refractivity contribution in [3.8, 4) is 11.3 Å². The molecule has 29 heavy (non-hydrogen) atoms. The summed E-state index contributed by atoms with van der Waals surface area (Å²) in [4.78, 5) is 23.5. The van der Waals surface area contributed by atoms with Crippen molar-refractivity contribution < 1.29 is 9.21 Å². The average Bonchev–Trinajstić information content (AvgIpc) is 3.40. The highest BCUT2D eigenvalue weighted by Crippen LogP contribution is 2.35. The van der Waals surface area contributed by atoms with Gasteiger partial charge in [0.05, 0.1) is 4.91 Å². The molecule has 1 saturated heterocycles. The molecular weight excluding hydrogens is 449 g/mol. The lowest BCUT2D eigenvalue weighted by Crippen LogP contribution is -2.29. The van der Waals surface area contributed by atoms with Crippen LogP contribution in [0.5, 0.6) is 0 Å². The van der Waals surface area contributed by atoms with E-state index in [9.17, 15) is 4.79 Å². The SMILES string of the molecule is C=CCN1C(=O)C(=Cc2ccc(-c3cc(Cl)cc(Cl)c3)o2)SC1=Nc1nccs1. The van der Waals surface area contributed by atoms with Gasteiger partial charge >= 0.3 is 0 Å². The molecule has 0 aliphatic carbocycles. The number of benzene rings is 1. The number of carbonyl (C=O) groups excluding carboxylic acids is 1. The number of halogens is 2. The van der Waals surface area contributed by atoms with Crippen molar-refractivity contribution in [3.05, 3.63) is 75.3 Å². The molecule has 0 N–H and O–H groups in total. The van der Waals surface area contributed by atoms with Crippen molar-refractivity contribution >= 4 is 68.6 Å². The first-order valence-electron chi connectivity index (χ1n) is 8.40. The first-order chi connectivity index (χ1) is 14.0. The lowest BCUT2D eigenvalue weighted by molar-refractivity contribution is -0.121. The number of rotatable bonds is 5. The summed E-state index contributed by atoms with van der Waals surface area (Å²) in [6, 6.07) is 8.79. The van der Waals surface area contributed by atoms with Gasteiger partial charge in [0.1, 0.15) is 11.5 Å². The molecule has 1 aromatic carbocycles. The maximum atomic E-state index is 12.8. The summed E-state index contributed by atoms with van der Waals surface area (Å²) >= 11 is 14.8. The van der Waals surface area contributed by atoms with Crippen LogP contribution in [0.1, 0.15) is 5.76 Å². The molecule has 1 aliphatic rings. The fourth-order valence-corrected chi connectivity index (χ4v) is 4.70. The Balaban J connectivity index is 1.63. The third-order valence-corrected chi connectivity index (χ3v) is 5.97. The Labute approximate surface area is 185 Å². The van der Waals surface area contributed by atoms with E-state index in [1.165, 1.54) is 23.1 Å². The highest BCUT2D eigenvalue weighted by Gasteiger charge is 2.33. The Morgan fingerprint density at radius 2 is 2.03 bits per heavy atom. The first-order valence-corrected chi connectivity index (χ1v) is 10.9. The number of hydrogen-bond acceptors (Lipinski definition) is 6. The van der Waals surface area contributed by atoms with Crippen molar-refractivity contribution in [3.63, 3.8) is 0 Å². The number of hydrogen-bond donors (Lipinski definition) is 0. The molecule has 1 amide bonds. The van der Waals surface area contributed by atoms with E-state index in [0.717, 1.165) is 5.56 Å². The standard InChI is InChI=1S/C20H13Cl2N3O2S2/c1-2-6-25-18(26)17(29-20(25)24-19-23-5-7-28-19)11-15-3-4-16(27-15)12-8-13(21)10-14(22)9-12/h2-5,7-11H,1,6H2. The monoisotopic (exact) mass is 461 g/mol. The topological polar surface area (TPSA) is 58.7 Å². The number of furan rings is 1. The van der Waals surface area contributed by atoms with Crippen molar-refractivity contribution in [1.82, 2.24) is 9.88 Å². The molecule has 0 unspecified atom stereocenters. The molecule has 0 spiro atoms. The van der Waals surface area contributed by atoms with Gasteiger partial charge in [-0.1, -0.05) is 29.3 Å². The molecule has 0 radical (unpaired) electrons. The second-order valence-corrected chi connectivity index (χ2v) is 8.64. The van der Waals surface area contributed by atoms with E-state index in [2.05, 4.69) is 16.6 Å². The fourth-order valence-electron chi connectivity index (χ4n) is 2.65.